The third-order valence-electron chi connectivity index (χ3n) is 2.92. The van der Waals surface area contributed by atoms with Gasteiger partial charge in [-0.15, -0.1) is 0 Å². The van der Waals surface area contributed by atoms with Crippen LogP contribution in [0.1, 0.15) is 29.7 Å². The van der Waals surface area contributed by atoms with Gasteiger partial charge in [0.25, 0.3) is 0 Å². The van der Waals surface area contributed by atoms with Crippen molar-refractivity contribution in [1.82, 2.24) is 10.3 Å². The number of rotatable bonds is 4. The van der Waals surface area contributed by atoms with E-state index in [1.165, 1.54) is 12.3 Å². The molecule has 0 saturated heterocycles. The molecule has 0 radical (unpaired) electrons. The van der Waals surface area contributed by atoms with E-state index in [1.807, 2.05) is 19.1 Å². The second kappa shape index (κ2) is 6.07. The first-order valence-electron chi connectivity index (χ1n) is 6.02. The number of hydrogen-bond donors (Lipinski definition) is 1. The number of hydrogen-bond acceptors (Lipinski definition) is 3. The maximum absolute atomic E-state index is 13.1. The number of halogens is 1. The Morgan fingerprint density at radius 2 is 2.05 bits per heavy atom. The van der Waals surface area contributed by atoms with Gasteiger partial charge >= 0.3 is 0 Å². The molecule has 0 fully saturated rings. The Morgan fingerprint density at radius 1 is 1.32 bits per heavy atom. The van der Waals surface area contributed by atoms with Crippen LogP contribution in [0.2, 0.25) is 0 Å². The molecule has 0 aliphatic heterocycles. The number of benzene rings is 1. The molecule has 19 heavy (non-hydrogen) atoms. The van der Waals surface area contributed by atoms with Crippen molar-refractivity contribution in [2.45, 2.75) is 19.5 Å². The van der Waals surface area contributed by atoms with Crippen LogP contribution in [0.5, 0.6) is 0 Å². The van der Waals surface area contributed by atoms with Crippen molar-refractivity contribution >= 4 is 0 Å². The molecule has 0 amide bonds. The van der Waals surface area contributed by atoms with E-state index < -0.39 is 0 Å². The highest BCUT2D eigenvalue weighted by atomic mass is 19.1. The fourth-order valence-corrected chi connectivity index (χ4v) is 1.75. The first-order chi connectivity index (χ1) is 9.19. The van der Waals surface area contributed by atoms with E-state index >= 15 is 0 Å². The summed E-state index contributed by atoms with van der Waals surface area (Å²) in [5.74, 6) is -0.329. The highest BCUT2D eigenvalue weighted by Gasteiger charge is 2.06. The van der Waals surface area contributed by atoms with Gasteiger partial charge in [-0.2, -0.15) is 5.26 Å². The Morgan fingerprint density at radius 3 is 2.68 bits per heavy atom. The van der Waals surface area contributed by atoms with Gasteiger partial charge in [-0.3, -0.25) is 4.98 Å². The van der Waals surface area contributed by atoms with Crippen LogP contribution < -0.4 is 5.32 Å². The number of aromatic nitrogens is 1. The minimum atomic E-state index is -0.329. The summed E-state index contributed by atoms with van der Waals surface area (Å²) >= 11 is 0. The zero-order valence-electron chi connectivity index (χ0n) is 10.6. The van der Waals surface area contributed by atoms with Crippen molar-refractivity contribution in [1.29, 1.82) is 5.26 Å². The molecule has 0 saturated carbocycles. The average Bonchev–Trinajstić information content (AvgIpc) is 2.45. The zero-order valence-corrected chi connectivity index (χ0v) is 10.6. The van der Waals surface area contributed by atoms with Crippen molar-refractivity contribution in [2.75, 3.05) is 0 Å². The minimum absolute atomic E-state index is 0.0128. The van der Waals surface area contributed by atoms with Gasteiger partial charge in [0.15, 0.2) is 0 Å². The summed E-state index contributed by atoms with van der Waals surface area (Å²) in [6, 6.07) is 10.9. The Kier molecular flexibility index (Phi) is 4.22. The number of pyridine rings is 1. The maximum atomic E-state index is 13.1. The monoisotopic (exact) mass is 255 g/mol. The number of nitrogens with one attached hydrogen (secondary N) is 1. The van der Waals surface area contributed by atoms with Gasteiger partial charge in [-0.1, -0.05) is 12.1 Å². The molecule has 0 spiro atoms. The van der Waals surface area contributed by atoms with Crippen LogP contribution in [0, 0.1) is 17.1 Å². The normalized spacial score (nSPS) is 11.8. The molecule has 2 aromatic rings. The predicted octanol–water partition coefficient (Wildman–Crippen LogP) is 2.94. The van der Waals surface area contributed by atoms with Crippen molar-refractivity contribution in [3.63, 3.8) is 0 Å². The van der Waals surface area contributed by atoms with Gasteiger partial charge in [0, 0.05) is 18.8 Å². The largest absolute Gasteiger partial charge is 0.306 e. The molecular formula is C15H14FN3. The van der Waals surface area contributed by atoms with Crippen molar-refractivity contribution < 1.29 is 4.39 Å². The first kappa shape index (κ1) is 13.2. The van der Waals surface area contributed by atoms with Crippen molar-refractivity contribution in [3.8, 4) is 6.07 Å². The lowest BCUT2D eigenvalue weighted by atomic mass is 10.1. The molecule has 4 heteroatoms. The lowest BCUT2D eigenvalue weighted by Gasteiger charge is -2.14. The molecule has 1 atom stereocenters. The summed E-state index contributed by atoms with van der Waals surface area (Å²) in [4.78, 5) is 3.83. The second-order valence-electron chi connectivity index (χ2n) is 4.35. The van der Waals surface area contributed by atoms with E-state index in [2.05, 4.69) is 16.4 Å². The van der Waals surface area contributed by atoms with Crippen molar-refractivity contribution in [3.05, 3.63) is 65.2 Å². The van der Waals surface area contributed by atoms with E-state index in [0.717, 1.165) is 11.1 Å². The summed E-state index contributed by atoms with van der Waals surface area (Å²) in [6.45, 7) is 2.61. The Labute approximate surface area is 111 Å². The molecule has 0 bridgehead atoms. The fraction of sp³-hybridized carbons (Fsp3) is 0.200. The Hall–Kier alpha value is -2.25. The van der Waals surface area contributed by atoms with E-state index in [9.17, 15) is 4.39 Å². The fourth-order valence-electron chi connectivity index (χ4n) is 1.75. The number of nitrogens with zero attached hydrogens (tertiary/aromatic N) is 2. The van der Waals surface area contributed by atoms with Gasteiger partial charge in [-0.05, 0) is 36.2 Å². The van der Waals surface area contributed by atoms with Crippen LogP contribution >= 0.6 is 0 Å². The summed E-state index contributed by atoms with van der Waals surface area (Å²) in [6.07, 6.45) is 2.84. The van der Waals surface area contributed by atoms with Crippen LogP contribution in [-0.2, 0) is 6.54 Å². The van der Waals surface area contributed by atoms with Crippen molar-refractivity contribution in [2.24, 2.45) is 0 Å². The van der Waals surface area contributed by atoms with E-state index in [1.54, 1.807) is 18.3 Å². The Bertz CT molecular complexity index is 587. The maximum Gasteiger partial charge on any atom is 0.141 e. The number of nitriles is 1. The molecule has 96 valence electrons. The second-order valence-corrected chi connectivity index (χ2v) is 4.35. The van der Waals surface area contributed by atoms with Gasteiger partial charge in [0.2, 0.25) is 0 Å². The third kappa shape index (κ3) is 3.60. The smallest absolute Gasteiger partial charge is 0.141 e. The van der Waals surface area contributed by atoms with Gasteiger partial charge < -0.3 is 5.32 Å². The summed E-state index contributed by atoms with van der Waals surface area (Å²) in [5.41, 5.74) is 2.54. The quantitative estimate of drug-likeness (QED) is 0.913. The van der Waals surface area contributed by atoms with Crippen LogP contribution in [0.4, 0.5) is 4.39 Å². The summed E-state index contributed by atoms with van der Waals surface area (Å²) in [7, 11) is 0. The van der Waals surface area contributed by atoms with Crippen LogP contribution in [-0.4, -0.2) is 4.98 Å². The predicted molar refractivity (Wildman–Crippen MR) is 70.6 cm³/mol. The van der Waals surface area contributed by atoms with Gasteiger partial charge in [0.05, 0.1) is 17.8 Å². The molecule has 1 heterocycles. The molecular weight excluding hydrogens is 241 g/mol. The topological polar surface area (TPSA) is 48.7 Å². The summed E-state index contributed by atoms with van der Waals surface area (Å²) in [5, 5.41) is 12.0. The van der Waals surface area contributed by atoms with E-state index in [4.69, 9.17) is 5.26 Å². The highest BCUT2D eigenvalue weighted by Crippen LogP contribution is 2.13. The molecule has 1 aromatic heterocycles. The van der Waals surface area contributed by atoms with Crippen LogP contribution in [0.15, 0.2) is 42.7 Å². The van der Waals surface area contributed by atoms with E-state index in [0.29, 0.717) is 12.1 Å². The molecule has 0 aliphatic carbocycles. The molecule has 0 aliphatic rings. The third-order valence-corrected chi connectivity index (χ3v) is 2.92. The SMILES string of the molecule is CC(NCc1ccc(C#N)cc1)c1cncc(F)c1. The average molecular weight is 255 g/mol. The van der Waals surface area contributed by atoms with Crippen LogP contribution in [0.25, 0.3) is 0 Å². The minimum Gasteiger partial charge on any atom is -0.306 e. The Balaban J connectivity index is 1.96. The van der Waals surface area contributed by atoms with E-state index in [-0.39, 0.29) is 11.9 Å². The lowest BCUT2D eigenvalue weighted by molar-refractivity contribution is 0.561. The van der Waals surface area contributed by atoms with Gasteiger partial charge in [-0.25, -0.2) is 4.39 Å². The molecule has 3 nitrogen and oxygen atoms in total. The first-order valence-corrected chi connectivity index (χ1v) is 6.02. The highest BCUT2D eigenvalue weighted by molar-refractivity contribution is 5.31. The zero-order chi connectivity index (χ0) is 13.7. The molecule has 1 unspecified atom stereocenters. The standard InChI is InChI=1S/C15H14FN3/c1-11(14-6-15(16)10-18-9-14)19-8-13-4-2-12(7-17)3-5-13/h2-6,9-11,19H,8H2,1H3. The molecule has 1 N–H and O–H groups in total. The van der Waals surface area contributed by atoms with Crippen LogP contribution in [0.3, 0.4) is 0 Å². The molecule has 1 aromatic carbocycles. The summed E-state index contributed by atoms with van der Waals surface area (Å²) < 4.78 is 13.1. The van der Waals surface area contributed by atoms with Gasteiger partial charge in [0.1, 0.15) is 5.82 Å². The lowest BCUT2D eigenvalue weighted by Crippen LogP contribution is -2.18. The molecule has 2 rings (SSSR count).